The van der Waals surface area contributed by atoms with E-state index in [0.29, 0.717) is 36.1 Å². The van der Waals surface area contributed by atoms with Gasteiger partial charge >= 0.3 is 12.1 Å². The van der Waals surface area contributed by atoms with E-state index in [4.69, 9.17) is 13.9 Å². The molecule has 0 unspecified atom stereocenters. The Labute approximate surface area is 206 Å². The number of carboxylic acid groups (broad SMARTS) is 1. The summed E-state index contributed by atoms with van der Waals surface area (Å²) in [7, 11) is 1.85. The molecule has 0 radical (unpaired) electrons. The Morgan fingerprint density at radius 3 is 2.56 bits per heavy atom. The number of benzene rings is 3. The minimum absolute atomic E-state index is 0.0215. The molecule has 3 aromatic carbocycles. The highest BCUT2D eigenvalue weighted by Gasteiger charge is 2.20. The summed E-state index contributed by atoms with van der Waals surface area (Å²) in [6.45, 7) is 0.253. The number of amides is 1. The van der Waals surface area contributed by atoms with Gasteiger partial charge in [0.25, 0.3) is 6.01 Å². The van der Waals surface area contributed by atoms with E-state index in [1.165, 1.54) is 12.1 Å². The summed E-state index contributed by atoms with van der Waals surface area (Å²) in [5, 5.41) is 9.24. The lowest BCUT2D eigenvalue weighted by Crippen LogP contribution is -2.37. The van der Waals surface area contributed by atoms with Crippen LogP contribution >= 0.6 is 0 Å². The van der Waals surface area contributed by atoms with E-state index < -0.39 is 24.4 Å². The van der Waals surface area contributed by atoms with Gasteiger partial charge in [-0.3, -0.25) is 9.69 Å². The molecule has 4 aromatic rings. The summed E-state index contributed by atoms with van der Waals surface area (Å²) in [5.74, 6) is -1.01. The molecule has 186 valence electrons. The van der Waals surface area contributed by atoms with E-state index in [-0.39, 0.29) is 12.3 Å². The van der Waals surface area contributed by atoms with E-state index in [1.807, 2.05) is 36.2 Å². The number of aliphatic carboxylic acids is 1. The number of para-hydroxylation sites is 2. The molecule has 0 saturated heterocycles. The average Bonchev–Trinajstić information content (AvgIpc) is 3.30. The highest BCUT2D eigenvalue weighted by molar-refractivity contribution is 5.78. The first-order chi connectivity index (χ1) is 17.4. The Bertz CT molecular complexity index is 1310. The molecule has 1 heterocycles. The van der Waals surface area contributed by atoms with Crippen LogP contribution in [-0.4, -0.2) is 53.8 Å². The number of anilines is 1. The lowest BCUT2D eigenvalue weighted by molar-refractivity contribution is -0.138. The van der Waals surface area contributed by atoms with Gasteiger partial charge < -0.3 is 23.9 Å². The topological polar surface area (TPSA) is 105 Å². The van der Waals surface area contributed by atoms with Crippen LogP contribution in [0, 0.1) is 5.82 Å². The highest BCUT2D eigenvalue weighted by atomic mass is 19.1. The molecular weight excluding hydrogens is 469 g/mol. The smallest absolute Gasteiger partial charge is 0.416 e. The van der Waals surface area contributed by atoms with Crippen molar-refractivity contribution in [1.82, 2.24) is 9.88 Å². The van der Waals surface area contributed by atoms with Gasteiger partial charge in [0.2, 0.25) is 0 Å². The second-order valence-corrected chi connectivity index (χ2v) is 7.95. The minimum Gasteiger partial charge on any atom is -0.492 e. The predicted molar refractivity (Wildman–Crippen MR) is 130 cm³/mol. The molecule has 1 aromatic heterocycles. The number of hydrogen-bond donors (Lipinski definition) is 1. The number of likely N-dealkylation sites (N-methyl/N-ethyl adjacent to an activating group) is 1. The fourth-order valence-electron chi connectivity index (χ4n) is 3.39. The molecule has 10 heteroatoms. The lowest BCUT2D eigenvalue weighted by atomic mass is 10.2. The van der Waals surface area contributed by atoms with Crippen molar-refractivity contribution in [2.45, 2.75) is 6.54 Å². The van der Waals surface area contributed by atoms with Crippen LogP contribution in [0.1, 0.15) is 5.56 Å². The first-order valence-electron chi connectivity index (χ1n) is 11.1. The fourth-order valence-corrected chi connectivity index (χ4v) is 3.39. The van der Waals surface area contributed by atoms with Crippen LogP contribution in [0.3, 0.4) is 0 Å². The van der Waals surface area contributed by atoms with Crippen LogP contribution in [0.2, 0.25) is 0 Å². The number of ether oxygens (including phenoxy) is 2. The Morgan fingerprint density at radius 2 is 1.81 bits per heavy atom. The van der Waals surface area contributed by atoms with Crippen LogP contribution < -0.4 is 14.4 Å². The third kappa shape index (κ3) is 6.50. The second kappa shape index (κ2) is 11.2. The monoisotopic (exact) mass is 493 g/mol. The number of hydrogen-bond acceptors (Lipinski definition) is 7. The van der Waals surface area contributed by atoms with Crippen molar-refractivity contribution in [3.8, 4) is 11.5 Å². The third-order valence-corrected chi connectivity index (χ3v) is 5.18. The zero-order valence-electron chi connectivity index (χ0n) is 19.5. The molecule has 9 nitrogen and oxygen atoms in total. The van der Waals surface area contributed by atoms with E-state index in [2.05, 4.69) is 4.98 Å². The van der Waals surface area contributed by atoms with Crippen LogP contribution in [-0.2, 0) is 11.3 Å². The molecule has 0 aliphatic carbocycles. The molecule has 0 aliphatic rings. The second-order valence-electron chi connectivity index (χ2n) is 7.95. The maximum atomic E-state index is 13.1. The lowest BCUT2D eigenvalue weighted by Gasteiger charge is -2.20. The molecule has 36 heavy (non-hydrogen) atoms. The van der Waals surface area contributed by atoms with Gasteiger partial charge in [0.15, 0.2) is 5.58 Å². The number of rotatable bonds is 10. The molecule has 0 atom stereocenters. The zero-order valence-corrected chi connectivity index (χ0v) is 19.5. The summed E-state index contributed by atoms with van der Waals surface area (Å²) in [6.07, 6.45) is -0.865. The van der Waals surface area contributed by atoms with Crippen molar-refractivity contribution in [3.63, 3.8) is 0 Å². The largest absolute Gasteiger partial charge is 0.492 e. The van der Waals surface area contributed by atoms with Gasteiger partial charge in [-0.2, -0.15) is 4.98 Å². The third-order valence-electron chi connectivity index (χ3n) is 5.18. The molecule has 0 bridgehead atoms. The zero-order chi connectivity index (χ0) is 25.5. The number of carbonyl (C=O) groups is 2. The van der Waals surface area contributed by atoms with Gasteiger partial charge in [0.05, 0.1) is 6.54 Å². The van der Waals surface area contributed by atoms with Crippen LogP contribution in [0.25, 0.3) is 11.1 Å². The minimum atomic E-state index is -1.19. The quantitative estimate of drug-likeness (QED) is 0.343. The Balaban J connectivity index is 1.35. The first kappa shape index (κ1) is 24.5. The fraction of sp³-hybridized carbons (Fsp3) is 0.192. The normalized spacial score (nSPS) is 10.7. The molecule has 0 saturated carbocycles. The van der Waals surface area contributed by atoms with Crippen LogP contribution in [0.15, 0.2) is 77.2 Å². The number of halogens is 1. The summed E-state index contributed by atoms with van der Waals surface area (Å²) in [4.78, 5) is 31.2. The van der Waals surface area contributed by atoms with Crippen molar-refractivity contribution in [2.75, 3.05) is 31.6 Å². The maximum Gasteiger partial charge on any atom is 0.416 e. The molecule has 4 rings (SSSR count). The Morgan fingerprint density at radius 1 is 1.03 bits per heavy atom. The van der Waals surface area contributed by atoms with Crippen molar-refractivity contribution in [2.24, 2.45) is 0 Å². The van der Waals surface area contributed by atoms with Crippen LogP contribution in [0.5, 0.6) is 11.5 Å². The van der Waals surface area contributed by atoms with Gasteiger partial charge in [-0.25, -0.2) is 9.18 Å². The highest BCUT2D eigenvalue weighted by Crippen LogP contribution is 2.21. The summed E-state index contributed by atoms with van der Waals surface area (Å²) >= 11 is 0. The van der Waals surface area contributed by atoms with Crippen molar-refractivity contribution in [3.05, 3.63) is 84.2 Å². The van der Waals surface area contributed by atoms with Crippen LogP contribution in [0.4, 0.5) is 15.2 Å². The number of aromatic nitrogens is 1. The number of carbonyl (C=O) groups excluding carboxylic acids is 1. The summed E-state index contributed by atoms with van der Waals surface area (Å²) in [5.41, 5.74) is 2.13. The van der Waals surface area contributed by atoms with E-state index in [9.17, 15) is 19.1 Å². The van der Waals surface area contributed by atoms with Crippen molar-refractivity contribution >= 4 is 29.2 Å². The molecular formula is C26H24FN3O6. The molecule has 0 fully saturated rings. The maximum absolute atomic E-state index is 13.1. The Hall–Kier alpha value is -4.60. The number of fused-ring (bicyclic) bond motifs is 1. The molecule has 1 amide bonds. The summed E-state index contributed by atoms with van der Waals surface area (Å²) in [6, 6.07) is 19.8. The van der Waals surface area contributed by atoms with Gasteiger partial charge in [0, 0.05) is 13.6 Å². The Kier molecular flexibility index (Phi) is 7.64. The SMILES string of the molecule is CN(CCOc1cccc(CN(CC(=O)O)C(=O)Oc2ccc(F)cc2)c1)c1nc2ccccc2o1. The van der Waals surface area contributed by atoms with Crippen molar-refractivity contribution in [1.29, 1.82) is 0 Å². The van der Waals surface area contributed by atoms with E-state index in [0.717, 1.165) is 22.5 Å². The van der Waals surface area contributed by atoms with Gasteiger partial charge in [-0.1, -0.05) is 24.3 Å². The van der Waals surface area contributed by atoms with E-state index >= 15 is 0 Å². The van der Waals surface area contributed by atoms with Gasteiger partial charge in [-0.15, -0.1) is 0 Å². The number of oxazole rings is 1. The molecule has 0 spiro atoms. The number of nitrogens with zero attached hydrogens (tertiary/aromatic N) is 3. The van der Waals surface area contributed by atoms with Gasteiger partial charge in [0.1, 0.15) is 36.0 Å². The number of carboxylic acids is 1. The standard InChI is InChI=1S/C26H24FN3O6/c1-29(25-28-22-7-2-3-8-23(22)36-25)13-14-34-21-6-4-5-18(15-21)16-30(17-24(31)32)26(33)35-20-11-9-19(27)10-12-20/h2-12,15H,13-14,16-17H2,1H3,(H,31,32). The average molecular weight is 493 g/mol. The predicted octanol–water partition coefficient (Wildman–Crippen LogP) is 4.57. The first-order valence-corrected chi connectivity index (χ1v) is 11.1. The van der Waals surface area contributed by atoms with Gasteiger partial charge in [-0.05, 0) is 54.1 Å². The van der Waals surface area contributed by atoms with E-state index in [1.54, 1.807) is 24.3 Å². The van der Waals surface area contributed by atoms with Crippen molar-refractivity contribution < 1.29 is 33.0 Å². The molecule has 1 N–H and O–H groups in total. The summed E-state index contributed by atoms with van der Waals surface area (Å²) < 4.78 is 29.9. The molecule has 0 aliphatic heterocycles.